The molecule has 0 radical (unpaired) electrons. The van der Waals surface area contributed by atoms with Gasteiger partial charge in [-0.1, -0.05) is 23.4 Å². The van der Waals surface area contributed by atoms with Gasteiger partial charge in [0.1, 0.15) is 0 Å². The normalized spacial score (nSPS) is 12.8. The van der Waals surface area contributed by atoms with Crippen molar-refractivity contribution in [3.05, 3.63) is 53.5 Å². The van der Waals surface area contributed by atoms with Gasteiger partial charge in [-0.2, -0.15) is 0 Å². The van der Waals surface area contributed by atoms with E-state index in [1.165, 1.54) is 0 Å². The summed E-state index contributed by atoms with van der Waals surface area (Å²) in [5, 5.41) is 19.4. The topological polar surface area (TPSA) is 63.8 Å². The highest BCUT2D eigenvalue weighted by Crippen LogP contribution is 2.26. The lowest BCUT2D eigenvalue weighted by molar-refractivity contribution is 0.178. The van der Waals surface area contributed by atoms with E-state index in [2.05, 4.69) is 15.3 Å². The molecular formula is C15H16N4O. The van der Waals surface area contributed by atoms with Crippen molar-refractivity contribution in [1.29, 1.82) is 0 Å². The summed E-state index contributed by atoms with van der Waals surface area (Å²) in [7, 11) is 1.81. The molecule has 3 rings (SSSR count). The molecule has 1 atom stereocenters. The average Bonchev–Trinajstić information content (AvgIpc) is 2.83. The molecule has 0 spiro atoms. The Kier molecular flexibility index (Phi) is 3.20. The maximum Gasteiger partial charge on any atom is 0.0856 e. The molecule has 0 saturated carbocycles. The molecule has 3 aromatic rings. The summed E-state index contributed by atoms with van der Waals surface area (Å²) in [6.45, 7) is 1.94. The molecular weight excluding hydrogens is 252 g/mol. The van der Waals surface area contributed by atoms with Gasteiger partial charge in [0.15, 0.2) is 0 Å². The van der Waals surface area contributed by atoms with Crippen LogP contribution in [0.15, 0.2) is 36.5 Å². The van der Waals surface area contributed by atoms with Gasteiger partial charge in [-0.05, 0) is 24.6 Å². The lowest BCUT2D eigenvalue weighted by atomic mass is 10.00. The van der Waals surface area contributed by atoms with Gasteiger partial charge in [0.25, 0.3) is 0 Å². The fourth-order valence-electron chi connectivity index (χ4n) is 2.41. The van der Waals surface area contributed by atoms with E-state index in [9.17, 15) is 5.11 Å². The summed E-state index contributed by atoms with van der Waals surface area (Å²) in [5.74, 6) is 0. The molecule has 2 aromatic heterocycles. The average molecular weight is 268 g/mol. The Labute approximate surface area is 116 Å². The summed E-state index contributed by atoms with van der Waals surface area (Å²) >= 11 is 0. The van der Waals surface area contributed by atoms with E-state index in [1.54, 1.807) is 4.68 Å². The first-order chi connectivity index (χ1) is 9.63. The molecule has 0 bridgehead atoms. The molecule has 102 valence electrons. The van der Waals surface area contributed by atoms with Crippen LogP contribution in [0, 0.1) is 6.92 Å². The summed E-state index contributed by atoms with van der Waals surface area (Å²) in [4.78, 5) is 4.49. The van der Waals surface area contributed by atoms with Crippen LogP contribution in [0.5, 0.6) is 0 Å². The lowest BCUT2D eigenvalue weighted by Crippen LogP contribution is -2.04. The predicted molar refractivity (Wildman–Crippen MR) is 76.1 cm³/mol. The molecule has 20 heavy (non-hydrogen) atoms. The van der Waals surface area contributed by atoms with E-state index in [0.29, 0.717) is 6.42 Å². The van der Waals surface area contributed by atoms with E-state index in [1.807, 2.05) is 50.5 Å². The van der Waals surface area contributed by atoms with Crippen LogP contribution in [0.2, 0.25) is 0 Å². The van der Waals surface area contributed by atoms with Crippen molar-refractivity contribution in [1.82, 2.24) is 20.0 Å². The molecule has 1 N–H and O–H groups in total. The van der Waals surface area contributed by atoms with E-state index < -0.39 is 6.10 Å². The van der Waals surface area contributed by atoms with E-state index in [0.717, 1.165) is 27.9 Å². The zero-order valence-corrected chi connectivity index (χ0v) is 11.5. The van der Waals surface area contributed by atoms with Gasteiger partial charge < -0.3 is 5.11 Å². The van der Waals surface area contributed by atoms with Crippen molar-refractivity contribution >= 4 is 10.9 Å². The number of hydrogen-bond acceptors (Lipinski definition) is 4. The fraction of sp³-hybridized carbons (Fsp3) is 0.267. The first-order valence-corrected chi connectivity index (χ1v) is 6.53. The van der Waals surface area contributed by atoms with Gasteiger partial charge in [0.2, 0.25) is 0 Å². The van der Waals surface area contributed by atoms with Crippen LogP contribution in [0.1, 0.15) is 23.1 Å². The molecule has 1 unspecified atom stereocenters. The van der Waals surface area contributed by atoms with E-state index in [4.69, 9.17) is 0 Å². The third kappa shape index (κ3) is 2.40. The second-order valence-corrected chi connectivity index (χ2v) is 4.97. The highest BCUT2D eigenvalue weighted by Gasteiger charge is 2.15. The number of aliphatic hydroxyl groups excluding tert-OH is 1. The number of benzene rings is 1. The maximum absolute atomic E-state index is 10.5. The van der Waals surface area contributed by atoms with Gasteiger partial charge in [-0.3, -0.25) is 9.67 Å². The Bertz CT molecular complexity index is 750. The largest absolute Gasteiger partial charge is 0.388 e. The molecule has 0 aliphatic carbocycles. The van der Waals surface area contributed by atoms with Crippen LogP contribution in [0.25, 0.3) is 10.9 Å². The van der Waals surface area contributed by atoms with Crippen LogP contribution in [0.4, 0.5) is 0 Å². The van der Waals surface area contributed by atoms with Crippen molar-refractivity contribution < 1.29 is 5.11 Å². The Morgan fingerprint density at radius 2 is 2.10 bits per heavy atom. The number of rotatable bonds is 3. The van der Waals surface area contributed by atoms with Crippen molar-refractivity contribution in [3.63, 3.8) is 0 Å². The quantitative estimate of drug-likeness (QED) is 0.788. The molecule has 1 aromatic carbocycles. The molecule has 2 heterocycles. The highest BCUT2D eigenvalue weighted by atomic mass is 16.3. The Balaban J connectivity index is 2.00. The second kappa shape index (κ2) is 5.02. The van der Waals surface area contributed by atoms with Gasteiger partial charge >= 0.3 is 0 Å². The van der Waals surface area contributed by atoms with E-state index in [-0.39, 0.29) is 0 Å². The Morgan fingerprint density at radius 3 is 2.85 bits per heavy atom. The SMILES string of the molecule is Cc1cc(C(O)Cc2cn(C)nn2)c2ccccc2n1. The highest BCUT2D eigenvalue weighted by molar-refractivity contribution is 5.82. The number of aliphatic hydroxyl groups is 1. The molecule has 0 fully saturated rings. The molecule has 5 heteroatoms. The zero-order valence-electron chi connectivity index (χ0n) is 11.5. The van der Waals surface area contributed by atoms with Crippen LogP contribution in [0.3, 0.4) is 0 Å². The predicted octanol–water partition coefficient (Wildman–Crippen LogP) is 1.95. The number of fused-ring (bicyclic) bond motifs is 1. The number of pyridine rings is 1. The number of nitrogens with zero attached hydrogens (tertiary/aromatic N) is 4. The van der Waals surface area contributed by atoms with E-state index >= 15 is 0 Å². The minimum atomic E-state index is -0.613. The molecule has 5 nitrogen and oxygen atoms in total. The van der Waals surface area contributed by atoms with Gasteiger partial charge in [-0.15, -0.1) is 5.10 Å². The molecule has 0 aliphatic rings. The summed E-state index contributed by atoms with van der Waals surface area (Å²) in [6.07, 6.45) is 1.65. The minimum Gasteiger partial charge on any atom is -0.388 e. The number of hydrogen-bond donors (Lipinski definition) is 1. The smallest absolute Gasteiger partial charge is 0.0856 e. The maximum atomic E-state index is 10.5. The first kappa shape index (κ1) is 12.7. The van der Waals surface area contributed by atoms with Crippen LogP contribution < -0.4 is 0 Å². The standard InChI is InChI=1S/C15H16N4O/c1-10-7-13(12-5-3-4-6-14(12)16-10)15(20)8-11-9-19(2)18-17-11/h3-7,9,15,20H,8H2,1-2H3. The number of aromatic nitrogens is 4. The first-order valence-electron chi connectivity index (χ1n) is 6.53. The summed E-state index contributed by atoms with van der Waals surface area (Å²) < 4.78 is 1.64. The van der Waals surface area contributed by atoms with Crippen molar-refractivity contribution in [3.8, 4) is 0 Å². The Morgan fingerprint density at radius 1 is 1.30 bits per heavy atom. The minimum absolute atomic E-state index is 0.446. The lowest BCUT2D eigenvalue weighted by Gasteiger charge is -2.13. The van der Waals surface area contributed by atoms with Gasteiger partial charge in [0.05, 0.1) is 17.3 Å². The second-order valence-electron chi connectivity index (χ2n) is 4.97. The molecule has 0 aliphatic heterocycles. The third-order valence-electron chi connectivity index (χ3n) is 3.29. The summed E-state index contributed by atoms with van der Waals surface area (Å²) in [6, 6.07) is 9.78. The monoisotopic (exact) mass is 268 g/mol. The van der Waals surface area contributed by atoms with Crippen LogP contribution in [-0.4, -0.2) is 25.1 Å². The number of aryl methyl sites for hydroxylation is 2. The summed E-state index contributed by atoms with van der Waals surface area (Å²) in [5.41, 5.74) is 3.47. The zero-order chi connectivity index (χ0) is 14.1. The Hall–Kier alpha value is -2.27. The van der Waals surface area contributed by atoms with Crippen molar-refractivity contribution in [2.24, 2.45) is 7.05 Å². The van der Waals surface area contributed by atoms with Gasteiger partial charge in [-0.25, -0.2) is 0 Å². The number of para-hydroxylation sites is 1. The fourth-order valence-corrected chi connectivity index (χ4v) is 2.41. The van der Waals surface area contributed by atoms with Crippen LogP contribution in [-0.2, 0) is 13.5 Å². The molecule has 0 amide bonds. The molecule has 0 saturated heterocycles. The third-order valence-corrected chi connectivity index (χ3v) is 3.29. The van der Waals surface area contributed by atoms with Crippen molar-refractivity contribution in [2.45, 2.75) is 19.4 Å². The van der Waals surface area contributed by atoms with Crippen molar-refractivity contribution in [2.75, 3.05) is 0 Å². The van der Waals surface area contributed by atoms with Gasteiger partial charge in [0, 0.05) is 30.7 Å². The van der Waals surface area contributed by atoms with Crippen LogP contribution >= 0.6 is 0 Å².